The molecule has 0 aliphatic heterocycles. The Balaban J connectivity index is 2.12. The van der Waals surface area contributed by atoms with Gasteiger partial charge >= 0.3 is 0 Å². The first kappa shape index (κ1) is 13.8. The Bertz CT molecular complexity index is 595. The van der Waals surface area contributed by atoms with E-state index in [0.29, 0.717) is 11.4 Å². The summed E-state index contributed by atoms with van der Waals surface area (Å²) in [7, 11) is 3.90. The van der Waals surface area contributed by atoms with Crippen molar-refractivity contribution in [2.45, 2.75) is 0 Å². The molecule has 1 aromatic heterocycles. The number of nitrogens with one attached hydrogen (secondary N) is 2. The van der Waals surface area contributed by atoms with Crippen molar-refractivity contribution in [3.05, 3.63) is 48.2 Å². The van der Waals surface area contributed by atoms with Gasteiger partial charge in [0.05, 0.1) is 5.56 Å². The van der Waals surface area contributed by atoms with E-state index in [2.05, 4.69) is 15.7 Å². The third-order valence-corrected chi connectivity index (χ3v) is 2.79. The summed E-state index contributed by atoms with van der Waals surface area (Å²) >= 11 is 0. The van der Waals surface area contributed by atoms with Crippen molar-refractivity contribution in [2.75, 3.05) is 29.7 Å². The summed E-state index contributed by atoms with van der Waals surface area (Å²) < 4.78 is 0. The van der Waals surface area contributed by atoms with Gasteiger partial charge in [-0.1, -0.05) is 6.07 Å². The molecule has 1 amide bonds. The highest BCUT2D eigenvalue weighted by atomic mass is 16.1. The van der Waals surface area contributed by atoms with Crippen LogP contribution in [0, 0.1) is 0 Å². The van der Waals surface area contributed by atoms with Gasteiger partial charge in [0.25, 0.3) is 5.91 Å². The maximum Gasteiger partial charge on any atom is 0.257 e. The van der Waals surface area contributed by atoms with Gasteiger partial charge in [-0.3, -0.25) is 4.79 Å². The SMILES string of the molecule is CN(C)c1cccc(NC(=O)c2ccc(NN)nc2)c1. The second-order valence-corrected chi connectivity index (χ2v) is 4.48. The van der Waals surface area contributed by atoms with E-state index in [1.165, 1.54) is 6.20 Å². The second-order valence-electron chi connectivity index (χ2n) is 4.48. The van der Waals surface area contributed by atoms with Crippen LogP contribution < -0.4 is 21.5 Å². The van der Waals surface area contributed by atoms with Crippen molar-refractivity contribution < 1.29 is 4.79 Å². The lowest BCUT2D eigenvalue weighted by atomic mass is 10.2. The zero-order valence-corrected chi connectivity index (χ0v) is 11.4. The van der Waals surface area contributed by atoms with Crippen molar-refractivity contribution in [2.24, 2.45) is 5.84 Å². The molecular weight excluding hydrogens is 254 g/mol. The molecule has 0 spiro atoms. The quantitative estimate of drug-likeness (QED) is 0.582. The fourth-order valence-electron chi connectivity index (χ4n) is 1.68. The van der Waals surface area contributed by atoms with E-state index in [9.17, 15) is 4.79 Å². The highest BCUT2D eigenvalue weighted by Crippen LogP contribution is 2.18. The van der Waals surface area contributed by atoms with Crippen LogP contribution in [-0.2, 0) is 0 Å². The summed E-state index contributed by atoms with van der Waals surface area (Å²) in [6, 6.07) is 10.9. The number of pyridine rings is 1. The van der Waals surface area contributed by atoms with Crippen LogP contribution in [-0.4, -0.2) is 25.0 Å². The smallest absolute Gasteiger partial charge is 0.257 e. The van der Waals surface area contributed by atoms with Gasteiger partial charge in [-0.05, 0) is 30.3 Å². The molecule has 0 unspecified atom stereocenters. The van der Waals surface area contributed by atoms with Crippen LogP contribution in [0.3, 0.4) is 0 Å². The fraction of sp³-hybridized carbons (Fsp3) is 0.143. The van der Waals surface area contributed by atoms with Crippen LogP contribution >= 0.6 is 0 Å². The summed E-state index contributed by atoms with van der Waals surface area (Å²) in [4.78, 5) is 18.1. The molecule has 0 bridgehead atoms. The third kappa shape index (κ3) is 3.24. The predicted molar refractivity (Wildman–Crippen MR) is 80.8 cm³/mol. The number of rotatable bonds is 4. The number of benzene rings is 1. The Kier molecular flexibility index (Phi) is 4.17. The number of anilines is 3. The number of nitrogens with zero attached hydrogens (tertiary/aromatic N) is 2. The Morgan fingerprint density at radius 2 is 2.05 bits per heavy atom. The molecule has 0 fully saturated rings. The maximum absolute atomic E-state index is 12.1. The lowest BCUT2D eigenvalue weighted by molar-refractivity contribution is 0.102. The first-order chi connectivity index (χ1) is 9.60. The molecule has 0 saturated carbocycles. The zero-order chi connectivity index (χ0) is 14.5. The number of aromatic nitrogens is 1. The lowest BCUT2D eigenvalue weighted by Crippen LogP contribution is -2.14. The minimum absolute atomic E-state index is 0.211. The number of carbonyl (C=O) groups is 1. The van der Waals surface area contributed by atoms with Gasteiger partial charge in [0.15, 0.2) is 0 Å². The standard InChI is InChI=1S/C14H17N5O/c1-19(2)12-5-3-4-11(8-12)17-14(20)10-6-7-13(18-15)16-9-10/h3-9H,15H2,1-2H3,(H,16,18)(H,17,20). The molecule has 0 saturated heterocycles. The van der Waals surface area contributed by atoms with Gasteiger partial charge in [-0.15, -0.1) is 0 Å². The largest absolute Gasteiger partial charge is 0.378 e. The maximum atomic E-state index is 12.1. The molecule has 2 rings (SSSR count). The van der Waals surface area contributed by atoms with Crippen LogP contribution in [0.4, 0.5) is 17.2 Å². The molecule has 104 valence electrons. The minimum Gasteiger partial charge on any atom is -0.378 e. The first-order valence-electron chi connectivity index (χ1n) is 6.11. The van der Waals surface area contributed by atoms with E-state index >= 15 is 0 Å². The summed E-state index contributed by atoms with van der Waals surface area (Å²) in [5.74, 6) is 5.53. The molecule has 6 heteroatoms. The number of hydrogen-bond donors (Lipinski definition) is 3. The molecule has 0 radical (unpaired) electrons. The average molecular weight is 271 g/mol. The summed E-state index contributed by atoms with van der Waals surface area (Å²) in [6.07, 6.45) is 1.47. The Labute approximate surface area is 117 Å². The molecule has 0 aliphatic rings. The Morgan fingerprint density at radius 1 is 1.25 bits per heavy atom. The van der Waals surface area contributed by atoms with E-state index in [0.717, 1.165) is 11.4 Å². The second kappa shape index (κ2) is 6.03. The van der Waals surface area contributed by atoms with E-state index in [-0.39, 0.29) is 5.91 Å². The van der Waals surface area contributed by atoms with Crippen LogP contribution in [0.1, 0.15) is 10.4 Å². The minimum atomic E-state index is -0.211. The molecular formula is C14H17N5O. The number of nitrogens with two attached hydrogens (primary N) is 1. The van der Waals surface area contributed by atoms with Gasteiger partial charge < -0.3 is 15.6 Å². The number of nitrogen functional groups attached to an aromatic ring is 1. The van der Waals surface area contributed by atoms with E-state index in [4.69, 9.17) is 5.84 Å². The van der Waals surface area contributed by atoms with E-state index < -0.39 is 0 Å². The molecule has 0 aliphatic carbocycles. The first-order valence-corrected chi connectivity index (χ1v) is 6.11. The highest BCUT2D eigenvalue weighted by Gasteiger charge is 2.07. The van der Waals surface area contributed by atoms with Crippen molar-refractivity contribution in [3.63, 3.8) is 0 Å². The number of amides is 1. The summed E-state index contributed by atoms with van der Waals surface area (Å²) in [5, 5.41) is 2.83. The van der Waals surface area contributed by atoms with Crippen LogP contribution in [0.2, 0.25) is 0 Å². The summed E-state index contributed by atoms with van der Waals surface area (Å²) in [5.41, 5.74) is 4.64. The van der Waals surface area contributed by atoms with Crippen LogP contribution in [0.15, 0.2) is 42.6 Å². The number of carbonyl (C=O) groups excluding carboxylic acids is 1. The molecule has 6 nitrogen and oxygen atoms in total. The monoisotopic (exact) mass is 271 g/mol. The molecule has 2 aromatic rings. The fourth-order valence-corrected chi connectivity index (χ4v) is 1.68. The van der Waals surface area contributed by atoms with Crippen molar-refractivity contribution in [1.82, 2.24) is 4.98 Å². The van der Waals surface area contributed by atoms with Gasteiger partial charge in [-0.2, -0.15) is 0 Å². The van der Waals surface area contributed by atoms with Crippen molar-refractivity contribution >= 4 is 23.1 Å². The normalized spacial score (nSPS) is 9.95. The molecule has 4 N–H and O–H groups in total. The average Bonchev–Trinajstić information content (AvgIpc) is 2.47. The number of hydrogen-bond acceptors (Lipinski definition) is 5. The van der Waals surface area contributed by atoms with E-state index in [1.54, 1.807) is 12.1 Å². The Hall–Kier alpha value is -2.60. The highest BCUT2D eigenvalue weighted by molar-refractivity contribution is 6.04. The van der Waals surface area contributed by atoms with Gasteiger partial charge in [0, 0.05) is 31.7 Å². The van der Waals surface area contributed by atoms with Crippen molar-refractivity contribution in [3.8, 4) is 0 Å². The molecule has 20 heavy (non-hydrogen) atoms. The molecule has 1 aromatic carbocycles. The van der Waals surface area contributed by atoms with Crippen LogP contribution in [0.5, 0.6) is 0 Å². The summed E-state index contributed by atoms with van der Waals surface area (Å²) in [6.45, 7) is 0. The molecule has 1 heterocycles. The van der Waals surface area contributed by atoms with Gasteiger partial charge in [0.1, 0.15) is 5.82 Å². The van der Waals surface area contributed by atoms with Crippen LogP contribution in [0.25, 0.3) is 0 Å². The van der Waals surface area contributed by atoms with Crippen molar-refractivity contribution in [1.29, 1.82) is 0 Å². The van der Waals surface area contributed by atoms with Gasteiger partial charge in [0.2, 0.25) is 0 Å². The predicted octanol–water partition coefficient (Wildman–Crippen LogP) is 1.69. The zero-order valence-electron chi connectivity index (χ0n) is 11.4. The van der Waals surface area contributed by atoms with Gasteiger partial charge in [-0.25, -0.2) is 10.8 Å². The third-order valence-electron chi connectivity index (χ3n) is 2.79. The number of hydrazine groups is 1. The molecule has 0 atom stereocenters. The Morgan fingerprint density at radius 3 is 2.65 bits per heavy atom. The lowest BCUT2D eigenvalue weighted by Gasteiger charge is -2.14. The topological polar surface area (TPSA) is 83.3 Å². The van der Waals surface area contributed by atoms with E-state index in [1.807, 2.05) is 43.3 Å².